The van der Waals surface area contributed by atoms with Gasteiger partial charge in [-0.1, -0.05) is 6.07 Å². The number of rotatable bonds is 3. The first kappa shape index (κ1) is 14.6. The third kappa shape index (κ3) is 2.28. The molecule has 1 aliphatic rings. The van der Waals surface area contributed by atoms with Crippen molar-refractivity contribution in [2.75, 3.05) is 25.1 Å². The number of pyridine rings is 1. The Kier molecular flexibility index (Phi) is 3.40. The molecule has 0 unspecified atom stereocenters. The molecule has 4 rings (SSSR count). The van der Waals surface area contributed by atoms with Gasteiger partial charge < -0.3 is 9.64 Å². The molecule has 6 nitrogen and oxygen atoms in total. The average molecular weight is 323 g/mol. The van der Waals surface area contributed by atoms with E-state index in [0.29, 0.717) is 11.2 Å². The smallest absolute Gasteiger partial charge is 0.158 e. The maximum Gasteiger partial charge on any atom is 0.158 e. The van der Waals surface area contributed by atoms with E-state index in [-0.39, 0.29) is 11.7 Å². The number of aromatic nitrogens is 3. The molecule has 1 aromatic carbocycles. The van der Waals surface area contributed by atoms with Gasteiger partial charge in [-0.3, -0.25) is 0 Å². The number of nitrogens with zero attached hydrogens (tertiary/aromatic N) is 5. The lowest BCUT2D eigenvalue weighted by molar-refractivity contribution is 0.0788. The van der Waals surface area contributed by atoms with Crippen LogP contribution in [0.4, 0.5) is 10.1 Å². The molecule has 0 radical (unpaired) electrons. The number of halogens is 1. The quantitative estimate of drug-likeness (QED) is 0.739. The molecular formula is C17H14FN5O. The Labute approximate surface area is 137 Å². The predicted octanol–water partition coefficient (Wildman–Crippen LogP) is 2.24. The van der Waals surface area contributed by atoms with Crippen LogP contribution in [0.2, 0.25) is 0 Å². The number of hydrogen-bond acceptors (Lipinski definition) is 5. The summed E-state index contributed by atoms with van der Waals surface area (Å²) in [5.41, 5.74) is 3.07. The monoisotopic (exact) mass is 323 g/mol. The fourth-order valence-corrected chi connectivity index (χ4v) is 2.86. The lowest BCUT2D eigenvalue weighted by Crippen LogP contribution is -2.51. The summed E-state index contributed by atoms with van der Waals surface area (Å²) in [5.74, 6) is -0.544. The van der Waals surface area contributed by atoms with Crippen LogP contribution < -0.4 is 4.90 Å². The fourth-order valence-electron chi connectivity index (χ4n) is 2.86. The van der Waals surface area contributed by atoms with Gasteiger partial charge in [0, 0.05) is 37.5 Å². The van der Waals surface area contributed by atoms with Gasteiger partial charge in [-0.2, -0.15) is 10.4 Å². The Morgan fingerprint density at radius 3 is 2.83 bits per heavy atom. The number of anilines is 1. The first-order valence-electron chi connectivity index (χ1n) is 7.51. The molecule has 1 saturated heterocycles. The number of fused-ring (bicyclic) bond motifs is 1. The summed E-state index contributed by atoms with van der Waals surface area (Å²) in [6.07, 6.45) is 1.70. The second-order valence-corrected chi connectivity index (χ2v) is 5.70. The summed E-state index contributed by atoms with van der Waals surface area (Å²) in [6, 6.07) is 10.3. The van der Waals surface area contributed by atoms with Crippen molar-refractivity contribution < 1.29 is 9.13 Å². The van der Waals surface area contributed by atoms with Crippen molar-refractivity contribution in [3.8, 4) is 17.3 Å². The first-order valence-corrected chi connectivity index (χ1v) is 7.51. The number of nitriles is 1. The Bertz CT molecular complexity index is 955. The number of ether oxygens (including phenoxy) is 1. The molecule has 1 aliphatic heterocycles. The molecular weight excluding hydrogens is 309 g/mol. The van der Waals surface area contributed by atoms with Crippen LogP contribution in [0.5, 0.6) is 0 Å². The van der Waals surface area contributed by atoms with E-state index in [2.05, 4.69) is 15.0 Å². The van der Waals surface area contributed by atoms with E-state index < -0.39 is 5.82 Å². The van der Waals surface area contributed by atoms with Gasteiger partial charge in [-0.05, 0) is 18.2 Å². The van der Waals surface area contributed by atoms with Crippen LogP contribution in [0.3, 0.4) is 0 Å². The summed E-state index contributed by atoms with van der Waals surface area (Å²) in [5, 5.41) is 13.1. The van der Waals surface area contributed by atoms with Crippen LogP contribution in [-0.2, 0) is 4.74 Å². The van der Waals surface area contributed by atoms with Gasteiger partial charge >= 0.3 is 0 Å². The Morgan fingerprint density at radius 2 is 2.12 bits per heavy atom. The topological polar surface area (TPSA) is 66.5 Å². The molecule has 3 heterocycles. The van der Waals surface area contributed by atoms with Crippen molar-refractivity contribution in [3.63, 3.8) is 0 Å². The van der Waals surface area contributed by atoms with E-state index >= 15 is 0 Å². The maximum absolute atomic E-state index is 14.0. The van der Waals surface area contributed by atoms with Crippen molar-refractivity contribution in [2.24, 2.45) is 0 Å². The van der Waals surface area contributed by atoms with Crippen molar-refractivity contribution >= 4 is 11.3 Å². The molecule has 0 aliphatic carbocycles. The predicted molar refractivity (Wildman–Crippen MR) is 86.1 cm³/mol. The zero-order valence-corrected chi connectivity index (χ0v) is 13.0. The highest BCUT2D eigenvalue weighted by atomic mass is 19.1. The van der Waals surface area contributed by atoms with Crippen molar-refractivity contribution in [1.82, 2.24) is 14.6 Å². The maximum atomic E-state index is 14.0. The molecule has 2 aromatic heterocycles. The fraction of sp³-hybridized carbons (Fsp3) is 0.235. The Balaban J connectivity index is 1.81. The molecule has 1 fully saturated rings. The number of hydrogen-bond donors (Lipinski definition) is 0. The summed E-state index contributed by atoms with van der Waals surface area (Å²) in [6.45, 7) is 1.62. The number of methoxy groups -OCH3 is 1. The van der Waals surface area contributed by atoms with Crippen molar-refractivity contribution in [1.29, 1.82) is 5.26 Å². The molecule has 120 valence electrons. The first-order chi connectivity index (χ1) is 11.7. The highest BCUT2D eigenvalue weighted by molar-refractivity contribution is 5.71. The summed E-state index contributed by atoms with van der Waals surface area (Å²) in [7, 11) is 1.70. The van der Waals surface area contributed by atoms with Crippen LogP contribution in [0, 0.1) is 17.1 Å². The molecule has 0 amide bonds. The SMILES string of the molecule is COC1CN(c2cc(-c3ccc(C#N)c(F)c3)n3ncnc3c2)C1. The molecule has 0 atom stereocenters. The Hall–Kier alpha value is -2.98. The zero-order valence-electron chi connectivity index (χ0n) is 13.0. The second kappa shape index (κ2) is 5.58. The molecule has 0 spiro atoms. The van der Waals surface area contributed by atoms with Crippen LogP contribution in [0.25, 0.3) is 16.9 Å². The third-order valence-electron chi connectivity index (χ3n) is 4.30. The van der Waals surface area contributed by atoms with E-state index in [1.165, 1.54) is 18.5 Å². The van der Waals surface area contributed by atoms with Gasteiger partial charge in [0.1, 0.15) is 18.2 Å². The normalized spacial score (nSPS) is 14.6. The molecule has 7 heteroatoms. The van der Waals surface area contributed by atoms with Crippen LogP contribution >= 0.6 is 0 Å². The molecule has 0 bridgehead atoms. The van der Waals surface area contributed by atoms with E-state index in [0.717, 1.165) is 24.5 Å². The zero-order chi connectivity index (χ0) is 16.7. The minimum Gasteiger partial charge on any atom is -0.378 e. The van der Waals surface area contributed by atoms with Gasteiger partial charge in [-0.25, -0.2) is 13.9 Å². The molecule has 0 saturated carbocycles. The van der Waals surface area contributed by atoms with Gasteiger partial charge in [0.25, 0.3) is 0 Å². The largest absolute Gasteiger partial charge is 0.378 e. The highest BCUT2D eigenvalue weighted by Crippen LogP contribution is 2.30. The van der Waals surface area contributed by atoms with Crippen LogP contribution in [0.1, 0.15) is 5.56 Å². The third-order valence-corrected chi connectivity index (χ3v) is 4.30. The van der Waals surface area contributed by atoms with Gasteiger partial charge in [-0.15, -0.1) is 0 Å². The van der Waals surface area contributed by atoms with E-state index in [9.17, 15) is 4.39 Å². The summed E-state index contributed by atoms with van der Waals surface area (Å²) >= 11 is 0. The minimum atomic E-state index is -0.544. The van der Waals surface area contributed by atoms with Crippen molar-refractivity contribution in [2.45, 2.75) is 6.10 Å². The summed E-state index contributed by atoms with van der Waals surface area (Å²) in [4.78, 5) is 6.42. The lowest BCUT2D eigenvalue weighted by atomic mass is 10.1. The van der Waals surface area contributed by atoms with E-state index in [1.54, 1.807) is 17.7 Å². The highest BCUT2D eigenvalue weighted by Gasteiger charge is 2.27. The minimum absolute atomic E-state index is 0.0235. The molecule has 0 N–H and O–H groups in total. The molecule has 24 heavy (non-hydrogen) atoms. The van der Waals surface area contributed by atoms with Crippen LogP contribution in [-0.4, -0.2) is 40.9 Å². The standard InChI is InChI=1S/C17H14FN5O/c1-24-14-8-22(9-14)13-5-16(23-17(6-13)20-10-21-23)11-2-3-12(7-19)15(18)4-11/h2-6,10,14H,8-9H2,1H3. The van der Waals surface area contributed by atoms with Crippen LogP contribution in [0.15, 0.2) is 36.7 Å². The summed E-state index contributed by atoms with van der Waals surface area (Å²) < 4.78 is 21.0. The number of benzene rings is 1. The Morgan fingerprint density at radius 1 is 1.29 bits per heavy atom. The average Bonchev–Trinajstić information content (AvgIpc) is 3.01. The van der Waals surface area contributed by atoms with Crippen molar-refractivity contribution in [3.05, 3.63) is 48.0 Å². The van der Waals surface area contributed by atoms with E-state index in [1.807, 2.05) is 18.2 Å². The lowest BCUT2D eigenvalue weighted by Gasteiger charge is -2.40. The molecule has 3 aromatic rings. The van der Waals surface area contributed by atoms with E-state index in [4.69, 9.17) is 10.00 Å². The van der Waals surface area contributed by atoms with Gasteiger partial charge in [0.05, 0.1) is 17.4 Å². The second-order valence-electron chi connectivity index (χ2n) is 5.70. The van der Waals surface area contributed by atoms with Gasteiger partial charge in [0.15, 0.2) is 5.65 Å². The van der Waals surface area contributed by atoms with Gasteiger partial charge in [0.2, 0.25) is 0 Å².